The molecule has 0 saturated carbocycles. The van der Waals surface area contributed by atoms with Crippen LogP contribution in [0, 0.1) is 0 Å². The zero-order valence-corrected chi connectivity index (χ0v) is 27.3. The lowest BCUT2D eigenvalue weighted by molar-refractivity contribution is 1.08. The zero-order chi connectivity index (χ0) is 45.2. The molecule has 0 saturated heterocycles. The van der Waals surface area contributed by atoms with Gasteiger partial charge in [-0.2, -0.15) is 0 Å². The Kier molecular flexibility index (Phi) is 4.29. The highest BCUT2D eigenvalue weighted by Crippen LogP contribution is 2.42. The minimum Gasteiger partial charge on any atom is -0.208 e. The molecule has 3 heterocycles. The lowest BCUT2D eigenvalue weighted by atomic mass is 9.91. The number of thiophene rings is 2. The second kappa shape index (κ2) is 11.8. The summed E-state index contributed by atoms with van der Waals surface area (Å²) in [4.78, 5) is 14.6. The number of rotatable bonds is 5. The van der Waals surface area contributed by atoms with Crippen LogP contribution in [0.4, 0.5) is 0 Å². The highest BCUT2D eigenvalue weighted by atomic mass is 32.1. The average molecular weight is 688 g/mol. The molecule has 3 aromatic heterocycles. The van der Waals surface area contributed by atoms with Crippen molar-refractivity contribution in [2.24, 2.45) is 0 Å². The molecular formula is C45H27N3S2. The quantitative estimate of drug-likeness (QED) is 0.181. The molecule has 0 atom stereocenters. The number of fused-ring (bicyclic) bond motifs is 6. The highest BCUT2D eigenvalue weighted by molar-refractivity contribution is 7.26. The van der Waals surface area contributed by atoms with Crippen LogP contribution in [-0.2, 0) is 0 Å². The Morgan fingerprint density at radius 3 is 1.74 bits per heavy atom. The first-order chi connectivity index (χ1) is 30.6. The second-order valence-electron chi connectivity index (χ2n) is 11.3. The molecule has 0 fully saturated rings. The predicted molar refractivity (Wildman–Crippen MR) is 213 cm³/mol. The van der Waals surface area contributed by atoms with Crippen molar-refractivity contribution < 1.29 is 19.2 Å². The minimum absolute atomic E-state index is 0.000182. The maximum absolute atomic E-state index is 9.64. The molecule has 0 N–H and O–H groups in total. The molecule has 10 aromatic rings. The van der Waals surface area contributed by atoms with Gasteiger partial charge in [0.05, 0.1) is 19.2 Å². The molecule has 234 valence electrons. The Morgan fingerprint density at radius 1 is 0.380 bits per heavy atom. The second-order valence-corrected chi connectivity index (χ2v) is 13.3. The van der Waals surface area contributed by atoms with Crippen LogP contribution in [0.5, 0.6) is 0 Å². The van der Waals surface area contributed by atoms with E-state index in [4.69, 9.17) is 28.7 Å². The third-order valence-corrected chi connectivity index (χ3v) is 10.4. The van der Waals surface area contributed by atoms with Crippen LogP contribution in [0.2, 0.25) is 0 Å². The standard InChI is InChI=1S/C45H27N3S2/c1-2-13-28(14-3-1)30-15-4-5-16-31(30)32-17-6-7-19-34(32)44-46-43(29-25-26-40-37(27-29)33-18-8-10-22-38(33)49-40)47-45(48-44)36-21-12-24-41-42(36)35-20-9-11-23-39(35)50-41/h1-27H/i8D,9D,10D,11D,12D,18D,20D,21D,22D,23D,24D,25D,26D,27D. The number of hydrogen-bond acceptors (Lipinski definition) is 5. The van der Waals surface area contributed by atoms with Gasteiger partial charge in [-0.1, -0.05) is 127 Å². The van der Waals surface area contributed by atoms with E-state index >= 15 is 0 Å². The molecular weight excluding hydrogens is 647 g/mol. The van der Waals surface area contributed by atoms with Crippen LogP contribution in [0.15, 0.2) is 163 Å². The van der Waals surface area contributed by atoms with Crippen LogP contribution < -0.4 is 0 Å². The smallest absolute Gasteiger partial charge is 0.164 e. The fourth-order valence-electron chi connectivity index (χ4n) is 6.16. The Balaban J connectivity index is 1.36. The fourth-order valence-corrected chi connectivity index (χ4v) is 8.05. The SMILES string of the molecule is [2H]c1c([2H])c([2H])c2c(sc3c([2H])c([2H])c(-c4nc(-c5ccccc5-c5ccccc5-c5ccccc5)nc(-c5c([2H])c([2H])c([2H])c6sc7c([2H])c([2H])c([2H])c([2H])c7c56)n4)c([2H])c32)c1[2H]. The first-order valence-electron chi connectivity index (χ1n) is 22.5. The number of nitrogens with zero attached hydrogens (tertiary/aromatic N) is 3. The largest absolute Gasteiger partial charge is 0.208 e. The third-order valence-electron chi connectivity index (χ3n) is 8.39. The van der Waals surface area contributed by atoms with Gasteiger partial charge in [-0.05, 0) is 58.5 Å². The molecule has 0 spiro atoms. The Labute approximate surface area is 316 Å². The van der Waals surface area contributed by atoms with Gasteiger partial charge < -0.3 is 0 Å². The van der Waals surface area contributed by atoms with Crippen molar-refractivity contribution in [1.82, 2.24) is 15.0 Å². The van der Waals surface area contributed by atoms with E-state index in [0.29, 0.717) is 11.1 Å². The summed E-state index contributed by atoms with van der Waals surface area (Å²) in [5, 5.41) is 0.0402. The Hall–Kier alpha value is -6.01. The van der Waals surface area contributed by atoms with Crippen molar-refractivity contribution >= 4 is 63.0 Å². The van der Waals surface area contributed by atoms with Gasteiger partial charge in [0.1, 0.15) is 0 Å². The summed E-state index contributed by atoms with van der Waals surface area (Å²) < 4.78 is 125. The van der Waals surface area contributed by atoms with E-state index in [9.17, 15) is 5.48 Å². The van der Waals surface area contributed by atoms with E-state index in [1.807, 2.05) is 66.7 Å². The van der Waals surface area contributed by atoms with Crippen molar-refractivity contribution in [3.63, 3.8) is 0 Å². The normalized spacial score (nSPS) is 15.5. The van der Waals surface area contributed by atoms with Crippen LogP contribution in [0.1, 0.15) is 19.2 Å². The molecule has 0 aliphatic carbocycles. The van der Waals surface area contributed by atoms with E-state index in [2.05, 4.69) is 0 Å². The number of benzene rings is 7. The molecule has 0 aliphatic heterocycles. The summed E-state index contributed by atoms with van der Waals surface area (Å²) in [5.74, 6) is -0.604. The van der Waals surface area contributed by atoms with E-state index in [-0.39, 0.29) is 93.1 Å². The lowest BCUT2D eigenvalue weighted by Crippen LogP contribution is -2.01. The van der Waals surface area contributed by atoms with Gasteiger partial charge >= 0.3 is 0 Å². The van der Waals surface area contributed by atoms with E-state index in [1.54, 1.807) is 12.1 Å². The molecule has 0 radical (unpaired) electrons. The van der Waals surface area contributed by atoms with Crippen LogP contribution in [0.3, 0.4) is 0 Å². The zero-order valence-electron chi connectivity index (χ0n) is 39.7. The fraction of sp³-hybridized carbons (Fsp3) is 0. The summed E-state index contributed by atoms with van der Waals surface area (Å²) >= 11 is 1.76. The summed E-state index contributed by atoms with van der Waals surface area (Å²) in [7, 11) is 0. The molecule has 0 bridgehead atoms. The maximum Gasteiger partial charge on any atom is 0.164 e. The van der Waals surface area contributed by atoms with Crippen LogP contribution in [0.25, 0.3) is 96.8 Å². The van der Waals surface area contributed by atoms with E-state index in [1.165, 1.54) is 0 Å². The topological polar surface area (TPSA) is 38.7 Å². The summed E-state index contributed by atoms with van der Waals surface area (Å²) in [6, 6.07) is 18.4. The van der Waals surface area contributed by atoms with E-state index in [0.717, 1.165) is 39.4 Å². The van der Waals surface area contributed by atoms with Gasteiger partial charge in [-0.3, -0.25) is 0 Å². The van der Waals surface area contributed by atoms with Gasteiger partial charge in [0.2, 0.25) is 0 Å². The first kappa shape index (κ1) is 18.1. The molecule has 0 amide bonds. The van der Waals surface area contributed by atoms with Gasteiger partial charge in [-0.15, -0.1) is 22.7 Å². The summed E-state index contributed by atoms with van der Waals surface area (Å²) in [6.07, 6.45) is 0. The molecule has 3 nitrogen and oxygen atoms in total. The van der Waals surface area contributed by atoms with Crippen LogP contribution >= 0.6 is 22.7 Å². The maximum atomic E-state index is 9.64. The van der Waals surface area contributed by atoms with Crippen molar-refractivity contribution in [3.8, 4) is 56.4 Å². The molecule has 0 unspecified atom stereocenters. The van der Waals surface area contributed by atoms with Crippen LogP contribution in [-0.4, -0.2) is 15.0 Å². The Morgan fingerprint density at radius 2 is 0.940 bits per heavy atom. The molecule has 50 heavy (non-hydrogen) atoms. The van der Waals surface area contributed by atoms with Crippen molar-refractivity contribution in [2.75, 3.05) is 0 Å². The van der Waals surface area contributed by atoms with Gasteiger partial charge in [0.15, 0.2) is 17.5 Å². The predicted octanol–water partition coefficient (Wildman–Crippen LogP) is 12.9. The third kappa shape index (κ3) is 4.82. The monoisotopic (exact) mass is 687 g/mol. The Bertz CT molecular complexity index is 3680. The number of hydrogen-bond donors (Lipinski definition) is 0. The van der Waals surface area contributed by atoms with Gasteiger partial charge in [-0.25, -0.2) is 15.0 Å². The van der Waals surface area contributed by atoms with Crippen molar-refractivity contribution in [1.29, 1.82) is 0 Å². The van der Waals surface area contributed by atoms with Crippen molar-refractivity contribution in [2.45, 2.75) is 0 Å². The molecule has 5 heteroatoms. The average Bonchev–Trinajstić information content (AvgIpc) is 3.92. The van der Waals surface area contributed by atoms with Gasteiger partial charge in [0.25, 0.3) is 0 Å². The lowest BCUT2D eigenvalue weighted by Gasteiger charge is -2.15. The van der Waals surface area contributed by atoms with Crippen molar-refractivity contribution in [3.05, 3.63) is 163 Å². The summed E-state index contributed by atoms with van der Waals surface area (Å²) in [5.41, 5.74) is 3.27. The minimum atomic E-state index is -0.547. The van der Waals surface area contributed by atoms with E-state index < -0.39 is 60.4 Å². The molecule has 0 aliphatic rings. The molecule has 7 aromatic carbocycles. The summed E-state index contributed by atoms with van der Waals surface area (Å²) in [6.45, 7) is 0. The molecule has 10 rings (SSSR count). The number of aromatic nitrogens is 3. The highest BCUT2D eigenvalue weighted by Gasteiger charge is 2.20. The van der Waals surface area contributed by atoms with Gasteiger partial charge in [0, 0.05) is 57.0 Å². The first-order valence-corrected chi connectivity index (χ1v) is 17.1.